The number of rotatable bonds is 4. The van der Waals surface area contributed by atoms with Gasteiger partial charge in [-0.2, -0.15) is 0 Å². The van der Waals surface area contributed by atoms with Gasteiger partial charge < -0.3 is 15.8 Å². The average Bonchev–Trinajstić information content (AvgIpc) is 2.61. The number of carbonyl (C=O) groups is 1. The van der Waals surface area contributed by atoms with Gasteiger partial charge in [0.05, 0.1) is 0 Å². The number of ether oxygens (including phenoxy) is 1. The van der Waals surface area contributed by atoms with Gasteiger partial charge in [0, 0.05) is 41.4 Å². The quantitative estimate of drug-likeness (QED) is 0.835. The molecule has 1 aliphatic heterocycles. The lowest BCUT2D eigenvalue weighted by Gasteiger charge is -2.38. The highest BCUT2D eigenvalue weighted by Crippen LogP contribution is 2.35. The molecule has 0 aliphatic carbocycles. The molecule has 1 fully saturated rings. The van der Waals surface area contributed by atoms with Crippen LogP contribution in [0.15, 0.2) is 48.5 Å². The third-order valence-electron chi connectivity index (χ3n) is 4.64. The smallest absolute Gasteiger partial charge is 0.251 e. The van der Waals surface area contributed by atoms with Crippen LogP contribution in [0.4, 0.5) is 5.69 Å². The van der Waals surface area contributed by atoms with Gasteiger partial charge >= 0.3 is 0 Å². The summed E-state index contributed by atoms with van der Waals surface area (Å²) in [7, 11) is 0. The zero-order valence-electron chi connectivity index (χ0n) is 13.4. The summed E-state index contributed by atoms with van der Waals surface area (Å²) in [4.78, 5) is 12.4. The standard InChI is InChI=1S/C19H21ClN2O2/c20-16-6-4-15(5-7-16)19(8-10-24-11-9-19)13-22-18(23)14-2-1-3-17(21)12-14/h1-7,12H,8-11,13,21H2,(H,22,23). The number of anilines is 1. The Bertz CT molecular complexity index is 710. The maximum Gasteiger partial charge on any atom is 0.251 e. The molecule has 0 atom stereocenters. The number of amides is 1. The van der Waals surface area contributed by atoms with Crippen LogP contribution in [0.3, 0.4) is 0 Å². The minimum atomic E-state index is -0.126. The lowest BCUT2D eigenvalue weighted by molar-refractivity contribution is 0.0487. The molecule has 0 saturated carbocycles. The number of halogens is 1. The summed E-state index contributed by atoms with van der Waals surface area (Å²) in [5.74, 6) is -0.109. The van der Waals surface area contributed by atoms with Gasteiger partial charge in [0.25, 0.3) is 5.91 Å². The molecule has 4 nitrogen and oxygen atoms in total. The van der Waals surface area contributed by atoms with E-state index in [1.165, 1.54) is 5.56 Å². The highest BCUT2D eigenvalue weighted by Gasteiger charge is 2.34. The number of nitrogens with two attached hydrogens (primary N) is 1. The second kappa shape index (κ2) is 7.24. The topological polar surface area (TPSA) is 64.4 Å². The Morgan fingerprint density at radius 1 is 1.17 bits per heavy atom. The molecular weight excluding hydrogens is 324 g/mol. The summed E-state index contributed by atoms with van der Waals surface area (Å²) in [6.07, 6.45) is 1.73. The van der Waals surface area contributed by atoms with Crippen LogP contribution in [0.1, 0.15) is 28.8 Å². The first-order valence-electron chi connectivity index (χ1n) is 8.07. The lowest BCUT2D eigenvalue weighted by atomic mass is 9.74. The first-order chi connectivity index (χ1) is 11.6. The largest absolute Gasteiger partial charge is 0.399 e. The highest BCUT2D eigenvalue weighted by molar-refractivity contribution is 6.30. The van der Waals surface area contributed by atoms with E-state index in [9.17, 15) is 4.79 Å². The second-order valence-electron chi connectivity index (χ2n) is 6.21. The van der Waals surface area contributed by atoms with Gasteiger partial charge in [-0.25, -0.2) is 0 Å². The van der Waals surface area contributed by atoms with Gasteiger partial charge in [0.1, 0.15) is 0 Å². The zero-order valence-corrected chi connectivity index (χ0v) is 14.2. The van der Waals surface area contributed by atoms with Gasteiger partial charge in [-0.05, 0) is 48.7 Å². The van der Waals surface area contributed by atoms with Crippen LogP contribution in [0.25, 0.3) is 0 Å². The molecule has 1 heterocycles. The molecule has 2 aromatic rings. The summed E-state index contributed by atoms with van der Waals surface area (Å²) >= 11 is 6.01. The Kier molecular flexibility index (Phi) is 5.07. The number of carbonyl (C=O) groups excluding carboxylic acids is 1. The van der Waals surface area contributed by atoms with Crippen LogP contribution >= 0.6 is 11.6 Å². The summed E-state index contributed by atoms with van der Waals surface area (Å²) in [6, 6.07) is 14.9. The van der Waals surface area contributed by atoms with Crippen LogP contribution in [0.2, 0.25) is 5.02 Å². The third kappa shape index (κ3) is 3.71. The van der Waals surface area contributed by atoms with Crippen molar-refractivity contribution in [3.05, 3.63) is 64.7 Å². The summed E-state index contributed by atoms with van der Waals surface area (Å²) in [5.41, 5.74) is 7.98. The van der Waals surface area contributed by atoms with Crippen LogP contribution in [0, 0.1) is 0 Å². The Morgan fingerprint density at radius 3 is 2.54 bits per heavy atom. The van der Waals surface area contributed by atoms with Crippen LogP contribution in [-0.2, 0) is 10.2 Å². The molecule has 5 heteroatoms. The SMILES string of the molecule is Nc1cccc(C(=O)NCC2(c3ccc(Cl)cc3)CCOCC2)c1. The van der Waals surface area contributed by atoms with Crippen molar-refractivity contribution in [3.63, 3.8) is 0 Å². The van der Waals surface area contributed by atoms with Crippen molar-refractivity contribution in [1.82, 2.24) is 5.32 Å². The van der Waals surface area contributed by atoms with Crippen molar-refractivity contribution in [1.29, 1.82) is 0 Å². The molecule has 2 aromatic carbocycles. The fourth-order valence-electron chi connectivity index (χ4n) is 3.16. The molecule has 3 rings (SSSR count). The van der Waals surface area contributed by atoms with Crippen molar-refractivity contribution in [2.45, 2.75) is 18.3 Å². The van der Waals surface area contributed by atoms with E-state index in [-0.39, 0.29) is 11.3 Å². The Balaban J connectivity index is 1.77. The van der Waals surface area contributed by atoms with Gasteiger partial charge in [-0.15, -0.1) is 0 Å². The Morgan fingerprint density at radius 2 is 1.88 bits per heavy atom. The monoisotopic (exact) mass is 344 g/mol. The van der Waals surface area contributed by atoms with Crippen molar-refractivity contribution >= 4 is 23.2 Å². The van der Waals surface area contributed by atoms with Gasteiger partial charge in [-0.3, -0.25) is 4.79 Å². The normalized spacial score (nSPS) is 16.5. The molecule has 0 radical (unpaired) electrons. The zero-order chi connectivity index (χ0) is 17.0. The first-order valence-corrected chi connectivity index (χ1v) is 8.44. The van der Waals surface area contributed by atoms with E-state index in [0.29, 0.717) is 36.0 Å². The van der Waals surface area contributed by atoms with Crippen molar-refractivity contribution in [2.75, 3.05) is 25.5 Å². The van der Waals surface area contributed by atoms with E-state index < -0.39 is 0 Å². The van der Waals surface area contributed by atoms with Crippen LogP contribution in [-0.4, -0.2) is 25.7 Å². The number of nitrogen functional groups attached to an aromatic ring is 1. The predicted molar refractivity (Wildman–Crippen MR) is 96.4 cm³/mol. The van der Waals surface area contributed by atoms with Gasteiger partial charge in [0.2, 0.25) is 0 Å². The van der Waals surface area contributed by atoms with E-state index in [1.807, 2.05) is 24.3 Å². The number of benzene rings is 2. The Hall–Kier alpha value is -2.04. The van der Waals surface area contributed by atoms with Gasteiger partial charge in [-0.1, -0.05) is 29.8 Å². The molecule has 1 saturated heterocycles. The maximum atomic E-state index is 12.4. The summed E-state index contributed by atoms with van der Waals surface area (Å²) in [5, 5.41) is 3.78. The van der Waals surface area contributed by atoms with Crippen molar-refractivity contribution in [3.8, 4) is 0 Å². The summed E-state index contributed by atoms with van der Waals surface area (Å²) in [6.45, 7) is 1.94. The summed E-state index contributed by atoms with van der Waals surface area (Å²) < 4.78 is 5.52. The fraction of sp³-hybridized carbons (Fsp3) is 0.316. The molecule has 0 spiro atoms. The van der Waals surface area contributed by atoms with E-state index >= 15 is 0 Å². The maximum absolute atomic E-state index is 12.4. The number of hydrogen-bond acceptors (Lipinski definition) is 3. The molecular formula is C19H21ClN2O2. The van der Waals surface area contributed by atoms with E-state index in [4.69, 9.17) is 22.1 Å². The minimum absolute atomic E-state index is 0.109. The van der Waals surface area contributed by atoms with E-state index in [1.54, 1.807) is 24.3 Å². The van der Waals surface area contributed by atoms with E-state index in [2.05, 4.69) is 5.32 Å². The van der Waals surface area contributed by atoms with Gasteiger partial charge in [0.15, 0.2) is 0 Å². The molecule has 1 amide bonds. The van der Waals surface area contributed by atoms with E-state index in [0.717, 1.165) is 12.8 Å². The Labute approximate surface area is 147 Å². The first kappa shape index (κ1) is 16.8. The molecule has 1 aliphatic rings. The van der Waals surface area contributed by atoms with Crippen LogP contribution in [0.5, 0.6) is 0 Å². The van der Waals surface area contributed by atoms with Crippen molar-refractivity contribution < 1.29 is 9.53 Å². The predicted octanol–water partition coefficient (Wildman–Crippen LogP) is 3.40. The number of nitrogens with one attached hydrogen (secondary N) is 1. The fourth-order valence-corrected chi connectivity index (χ4v) is 3.29. The molecule has 0 unspecified atom stereocenters. The second-order valence-corrected chi connectivity index (χ2v) is 6.64. The molecule has 3 N–H and O–H groups in total. The lowest BCUT2D eigenvalue weighted by Crippen LogP contribution is -2.44. The van der Waals surface area contributed by atoms with Crippen molar-refractivity contribution in [2.24, 2.45) is 0 Å². The minimum Gasteiger partial charge on any atom is -0.399 e. The third-order valence-corrected chi connectivity index (χ3v) is 4.89. The number of hydrogen-bond donors (Lipinski definition) is 2. The average molecular weight is 345 g/mol. The molecule has 126 valence electrons. The molecule has 24 heavy (non-hydrogen) atoms. The highest BCUT2D eigenvalue weighted by atomic mass is 35.5. The van der Waals surface area contributed by atoms with Crippen LogP contribution < -0.4 is 11.1 Å². The molecule has 0 bridgehead atoms. The molecule has 0 aromatic heterocycles.